The first kappa shape index (κ1) is 19.5. The predicted octanol–water partition coefficient (Wildman–Crippen LogP) is 5.47. The number of benzene rings is 2. The van der Waals surface area contributed by atoms with Crippen molar-refractivity contribution in [3.8, 4) is 5.75 Å². The molecule has 1 N–H and O–H groups in total. The highest BCUT2D eigenvalue weighted by Crippen LogP contribution is 2.36. The molecule has 0 unspecified atom stereocenters. The summed E-state index contributed by atoms with van der Waals surface area (Å²) >= 11 is 12.4. The Kier molecular flexibility index (Phi) is 5.88. The third kappa shape index (κ3) is 4.18. The largest absolute Gasteiger partial charge is 0.481 e. The lowest BCUT2D eigenvalue weighted by Crippen LogP contribution is -2.11. The Morgan fingerprint density at radius 2 is 1.81 bits per heavy atom. The molecule has 140 valence electrons. The van der Waals surface area contributed by atoms with Crippen molar-refractivity contribution in [1.29, 1.82) is 0 Å². The van der Waals surface area contributed by atoms with Crippen LogP contribution in [-0.2, 0) is 17.6 Å². The van der Waals surface area contributed by atoms with Gasteiger partial charge in [0, 0.05) is 16.1 Å². The Bertz CT molecular complexity index is 1000. The van der Waals surface area contributed by atoms with E-state index in [9.17, 15) is 4.79 Å². The van der Waals surface area contributed by atoms with Gasteiger partial charge in [0.25, 0.3) is 0 Å². The second-order valence-corrected chi connectivity index (χ2v) is 7.11. The topological polar surface area (TPSA) is 59.4 Å². The Morgan fingerprint density at radius 3 is 2.44 bits per heavy atom. The number of fused-ring (bicyclic) bond motifs is 1. The van der Waals surface area contributed by atoms with E-state index in [1.54, 1.807) is 12.1 Å². The molecule has 3 rings (SSSR count). The van der Waals surface area contributed by atoms with Crippen molar-refractivity contribution in [2.45, 2.75) is 26.7 Å². The number of pyridine rings is 1. The molecule has 2 aromatic carbocycles. The van der Waals surface area contributed by atoms with Crippen LogP contribution in [0.4, 0.5) is 0 Å². The summed E-state index contributed by atoms with van der Waals surface area (Å²) in [6.07, 6.45) is 1.44. The van der Waals surface area contributed by atoms with Gasteiger partial charge in [0.2, 0.25) is 0 Å². The molecule has 0 spiro atoms. The van der Waals surface area contributed by atoms with Crippen molar-refractivity contribution >= 4 is 40.1 Å². The van der Waals surface area contributed by atoms with E-state index in [4.69, 9.17) is 38.0 Å². The van der Waals surface area contributed by atoms with E-state index in [2.05, 4.69) is 6.92 Å². The van der Waals surface area contributed by atoms with Gasteiger partial charge in [-0.2, -0.15) is 0 Å². The number of ether oxygens (including phenoxy) is 1. The number of aliphatic carboxylic acids is 1. The third-order valence-corrected chi connectivity index (χ3v) is 5.03. The van der Waals surface area contributed by atoms with Gasteiger partial charge in [-0.25, -0.2) is 4.79 Å². The maximum absolute atomic E-state index is 10.9. The van der Waals surface area contributed by atoms with Crippen molar-refractivity contribution in [3.63, 3.8) is 0 Å². The Balaban J connectivity index is 2.18. The maximum atomic E-state index is 10.9. The molecular formula is C21H19Cl2NO3. The maximum Gasteiger partial charge on any atom is 0.341 e. The number of nitrogens with zero attached hydrogens (tertiary/aromatic N) is 1. The van der Waals surface area contributed by atoms with Crippen LogP contribution in [0.1, 0.15) is 29.3 Å². The van der Waals surface area contributed by atoms with Crippen LogP contribution in [0.3, 0.4) is 0 Å². The van der Waals surface area contributed by atoms with E-state index in [1.165, 1.54) is 0 Å². The van der Waals surface area contributed by atoms with Gasteiger partial charge in [0.15, 0.2) is 6.61 Å². The Morgan fingerprint density at radius 1 is 1.11 bits per heavy atom. The minimum Gasteiger partial charge on any atom is -0.481 e. The lowest BCUT2D eigenvalue weighted by Gasteiger charge is -2.18. The highest BCUT2D eigenvalue weighted by Gasteiger charge is 2.18. The highest BCUT2D eigenvalue weighted by molar-refractivity contribution is 6.35. The minimum absolute atomic E-state index is 0.416. The number of hydrogen-bond donors (Lipinski definition) is 1. The first-order chi connectivity index (χ1) is 12.9. The minimum atomic E-state index is -1.03. The van der Waals surface area contributed by atoms with Crippen LogP contribution in [0, 0.1) is 6.92 Å². The van der Waals surface area contributed by atoms with Gasteiger partial charge >= 0.3 is 5.97 Å². The quantitative estimate of drug-likeness (QED) is 0.592. The van der Waals surface area contributed by atoms with Crippen molar-refractivity contribution < 1.29 is 14.6 Å². The summed E-state index contributed by atoms with van der Waals surface area (Å²) in [7, 11) is 0. The van der Waals surface area contributed by atoms with E-state index in [1.807, 2.05) is 31.2 Å². The zero-order valence-electron chi connectivity index (χ0n) is 15.1. The number of hydrogen-bond acceptors (Lipinski definition) is 3. The second-order valence-electron chi connectivity index (χ2n) is 6.26. The van der Waals surface area contributed by atoms with Crippen molar-refractivity contribution in [3.05, 3.63) is 68.8 Å². The first-order valence-corrected chi connectivity index (χ1v) is 9.36. The Labute approximate surface area is 167 Å². The molecule has 0 aliphatic rings. The zero-order valence-corrected chi connectivity index (χ0v) is 16.6. The predicted molar refractivity (Wildman–Crippen MR) is 108 cm³/mol. The average Bonchev–Trinajstić information content (AvgIpc) is 2.64. The number of halogens is 2. The van der Waals surface area contributed by atoms with Gasteiger partial charge in [0.1, 0.15) is 5.75 Å². The van der Waals surface area contributed by atoms with Crippen LogP contribution in [0.2, 0.25) is 10.0 Å². The number of aryl methyl sites for hydroxylation is 2. The first-order valence-electron chi connectivity index (χ1n) is 8.60. The molecule has 3 aromatic rings. The smallest absolute Gasteiger partial charge is 0.341 e. The third-order valence-electron chi connectivity index (χ3n) is 4.47. The van der Waals surface area contributed by atoms with Gasteiger partial charge < -0.3 is 9.84 Å². The van der Waals surface area contributed by atoms with Gasteiger partial charge in [0.05, 0.1) is 10.5 Å². The summed E-state index contributed by atoms with van der Waals surface area (Å²) < 4.78 is 5.52. The van der Waals surface area contributed by atoms with E-state index in [-0.39, 0.29) is 0 Å². The summed E-state index contributed by atoms with van der Waals surface area (Å²) in [6.45, 7) is 3.60. The molecule has 0 saturated carbocycles. The molecule has 0 bridgehead atoms. The molecule has 0 amide bonds. The monoisotopic (exact) mass is 403 g/mol. The molecule has 6 heteroatoms. The van der Waals surface area contributed by atoms with E-state index in [0.29, 0.717) is 27.7 Å². The van der Waals surface area contributed by atoms with Crippen LogP contribution in [0.25, 0.3) is 10.9 Å². The van der Waals surface area contributed by atoms with Crippen LogP contribution < -0.4 is 4.74 Å². The normalized spacial score (nSPS) is 11.0. The number of carbonyl (C=O) groups is 1. The molecule has 0 atom stereocenters. The highest BCUT2D eigenvalue weighted by atomic mass is 35.5. The standard InChI is InChI=1S/C21H19Cl2NO3/c1-3-15-16(10-13-4-6-14(22)7-5-13)12(2)24-21-17(23)8-9-18(20(15)21)27-11-19(25)26/h4-9H,3,10-11H2,1-2H3,(H,25,26). The summed E-state index contributed by atoms with van der Waals surface area (Å²) in [5, 5.41) is 11.0. The van der Waals surface area contributed by atoms with Gasteiger partial charge in [-0.3, -0.25) is 4.98 Å². The summed E-state index contributed by atoms with van der Waals surface area (Å²) in [5.41, 5.74) is 4.80. The molecule has 0 radical (unpaired) electrons. The number of aromatic nitrogens is 1. The van der Waals surface area contributed by atoms with Gasteiger partial charge in [-0.1, -0.05) is 42.3 Å². The van der Waals surface area contributed by atoms with E-state index < -0.39 is 12.6 Å². The van der Waals surface area contributed by atoms with Crippen molar-refractivity contribution in [2.24, 2.45) is 0 Å². The van der Waals surface area contributed by atoms with Crippen molar-refractivity contribution in [1.82, 2.24) is 4.98 Å². The molecule has 1 aromatic heterocycles. The molecular weight excluding hydrogens is 385 g/mol. The van der Waals surface area contributed by atoms with Gasteiger partial charge in [-0.05, 0) is 60.7 Å². The fraction of sp³-hybridized carbons (Fsp3) is 0.238. The molecule has 0 fully saturated rings. The molecule has 1 heterocycles. The lowest BCUT2D eigenvalue weighted by molar-refractivity contribution is -0.139. The fourth-order valence-corrected chi connectivity index (χ4v) is 3.57. The summed E-state index contributed by atoms with van der Waals surface area (Å²) in [5.74, 6) is -0.545. The molecule has 0 aliphatic carbocycles. The van der Waals surface area contributed by atoms with Crippen LogP contribution >= 0.6 is 23.2 Å². The molecule has 27 heavy (non-hydrogen) atoms. The van der Waals surface area contributed by atoms with E-state index in [0.717, 1.165) is 34.2 Å². The van der Waals surface area contributed by atoms with Crippen LogP contribution in [-0.4, -0.2) is 22.7 Å². The SMILES string of the molecule is CCc1c(Cc2ccc(Cl)cc2)c(C)nc2c(Cl)ccc(OCC(=O)O)c12. The molecule has 0 aliphatic heterocycles. The lowest BCUT2D eigenvalue weighted by atomic mass is 9.93. The number of carboxylic acids is 1. The van der Waals surface area contributed by atoms with E-state index >= 15 is 0 Å². The Hall–Kier alpha value is -2.30. The number of carboxylic acid groups (broad SMARTS) is 1. The number of rotatable bonds is 6. The fourth-order valence-electron chi connectivity index (χ4n) is 3.24. The molecule has 4 nitrogen and oxygen atoms in total. The van der Waals surface area contributed by atoms with Crippen LogP contribution in [0.5, 0.6) is 5.75 Å². The summed E-state index contributed by atoms with van der Waals surface area (Å²) in [6, 6.07) is 11.1. The van der Waals surface area contributed by atoms with Crippen molar-refractivity contribution in [2.75, 3.05) is 6.61 Å². The van der Waals surface area contributed by atoms with Gasteiger partial charge in [-0.15, -0.1) is 0 Å². The average molecular weight is 404 g/mol. The second kappa shape index (κ2) is 8.15. The zero-order chi connectivity index (χ0) is 19.6. The van der Waals surface area contributed by atoms with Crippen LogP contribution in [0.15, 0.2) is 36.4 Å². The molecule has 0 saturated heterocycles. The summed E-state index contributed by atoms with van der Waals surface area (Å²) in [4.78, 5) is 15.6.